The van der Waals surface area contributed by atoms with E-state index in [4.69, 9.17) is 16.3 Å². The van der Waals surface area contributed by atoms with E-state index >= 15 is 0 Å². The molecule has 0 unspecified atom stereocenters. The summed E-state index contributed by atoms with van der Waals surface area (Å²) in [6.45, 7) is 3.41. The van der Waals surface area contributed by atoms with E-state index in [-0.39, 0.29) is 0 Å². The van der Waals surface area contributed by atoms with Gasteiger partial charge >= 0.3 is 0 Å². The molecule has 1 aliphatic heterocycles. The molecule has 3 aromatic rings. The number of aromatic amines is 1. The molecule has 3 heterocycles. The van der Waals surface area contributed by atoms with Gasteiger partial charge in [0.15, 0.2) is 0 Å². The summed E-state index contributed by atoms with van der Waals surface area (Å²) in [5.74, 6) is 0. The number of benzene rings is 1. The van der Waals surface area contributed by atoms with Gasteiger partial charge in [0.25, 0.3) is 0 Å². The molecule has 1 saturated heterocycles. The molecule has 0 radical (unpaired) electrons. The number of hydrogen-bond donors (Lipinski definition) is 1. The molecule has 25 heavy (non-hydrogen) atoms. The molecule has 0 bridgehead atoms. The Kier molecular flexibility index (Phi) is 4.97. The maximum Gasteiger partial charge on any atom is 0.133 e. The number of pyridine rings is 1. The second-order valence-corrected chi connectivity index (χ2v) is 6.90. The van der Waals surface area contributed by atoms with Gasteiger partial charge < -0.3 is 4.74 Å². The molecular formula is C19H21ClN4O. The van der Waals surface area contributed by atoms with E-state index in [1.807, 2.05) is 12.3 Å². The van der Waals surface area contributed by atoms with Gasteiger partial charge in [-0.15, -0.1) is 0 Å². The Bertz CT molecular complexity index is 830. The van der Waals surface area contributed by atoms with Gasteiger partial charge in [-0.25, -0.2) is 0 Å². The van der Waals surface area contributed by atoms with Crippen LogP contribution in [0, 0.1) is 0 Å². The van der Waals surface area contributed by atoms with Crippen LogP contribution in [0.1, 0.15) is 24.0 Å². The summed E-state index contributed by atoms with van der Waals surface area (Å²) in [6.07, 6.45) is 6.22. The fraction of sp³-hybridized carbons (Fsp3) is 0.368. The van der Waals surface area contributed by atoms with E-state index in [1.54, 1.807) is 6.20 Å². The Hall–Kier alpha value is -1.95. The third kappa shape index (κ3) is 3.84. The van der Waals surface area contributed by atoms with Crippen molar-refractivity contribution in [1.82, 2.24) is 20.1 Å². The van der Waals surface area contributed by atoms with E-state index in [9.17, 15) is 0 Å². The summed E-state index contributed by atoms with van der Waals surface area (Å²) >= 11 is 6.16. The number of halogens is 1. The first-order valence-corrected chi connectivity index (χ1v) is 9.02. The highest BCUT2D eigenvalue weighted by molar-refractivity contribution is 6.34. The summed E-state index contributed by atoms with van der Waals surface area (Å²) in [7, 11) is 0. The van der Waals surface area contributed by atoms with Crippen LogP contribution in [-0.2, 0) is 17.8 Å². The molecule has 0 spiro atoms. The quantitative estimate of drug-likeness (QED) is 0.730. The van der Waals surface area contributed by atoms with Crippen molar-refractivity contribution in [3.05, 3.63) is 59.0 Å². The number of nitrogens with zero attached hydrogens (tertiary/aromatic N) is 3. The lowest BCUT2D eigenvalue weighted by Crippen LogP contribution is -2.31. The molecule has 0 aliphatic carbocycles. The van der Waals surface area contributed by atoms with Crippen LogP contribution in [0.3, 0.4) is 0 Å². The summed E-state index contributed by atoms with van der Waals surface area (Å²) in [4.78, 5) is 6.74. The topological polar surface area (TPSA) is 54.0 Å². The lowest BCUT2D eigenvalue weighted by Gasteiger charge is -2.25. The molecule has 2 aromatic heterocycles. The highest BCUT2D eigenvalue weighted by Crippen LogP contribution is 2.24. The number of rotatable bonds is 6. The summed E-state index contributed by atoms with van der Waals surface area (Å²) in [6, 6.07) is 10.5. The van der Waals surface area contributed by atoms with Crippen molar-refractivity contribution < 1.29 is 4.74 Å². The Morgan fingerprint density at radius 1 is 1.20 bits per heavy atom. The van der Waals surface area contributed by atoms with E-state index in [1.165, 1.54) is 5.56 Å². The lowest BCUT2D eigenvalue weighted by molar-refractivity contribution is 0.0680. The first-order valence-electron chi connectivity index (χ1n) is 8.64. The van der Waals surface area contributed by atoms with Gasteiger partial charge in [-0.2, -0.15) is 5.10 Å². The van der Waals surface area contributed by atoms with Crippen molar-refractivity contribution in [2.24, 2.45) is 0 Å². The minimum absolute atomic E-state index is 0.304. The van der Waals surface area contributed by atoms with Gasteiger partial charge in [0.1, 0.15) is 10.7 Å². The van der Waals surface area contributed by atoms with Crippen LogP contribution >= 0.6 is 11.6 Å². The number of H-pyrrole nitrogens is 1. The normalized spacial score (nSPS) is 17.6. The summed E-state index contributed by atoms with van der Waals surface area (Å²) in [5, 5.41) is 8.61. The van der Waals surface area contributed by atoms with Crippen molar-refractivity contribution in [3.8, 4) is 0 Å². The van der Waals surface area contributed by atoms with Crippen LogP contribution < -0.4 is 0 Å². The Morgan fingerprint density at radius 3 is 2.88 bits per heavy atom. The minimum Gasteiger partial charge on any atom is -0.377 e. The SMILES string of the molecule is Clc1[nH]nc2c(CN(Cc3ccccc3)C[C@@H]3CCCO3)cncc12. The van der Waals surface area contributed by atoms with E-state index in [0.29, 0.717) is 11.3 Å². The third-order valence-electron chi connectivity index (χ3n) is 4.62. The predicted octanol–water partition coefficient (Wildman–Crippen LogP) is 3.79. The molecule has 1 N–H and O–H groups in total. The van der Waals surface area contributed by atoms with Gasteiger partial charge in [0.05, 0.1) is 11.5 Å². The maximum atomic E-state index is 6.16. The average molecular weight is 357 g/mol. The molecule has 130 valence electrons. The van der Waals surface area contributed by atoms with Crippen molar-refractivity contribution in [3.63, 3.8) is 0 Å². The van der Waals surface area contributed by atoms with Gasteiger partial charge in [-0.1, -0.05) is 41.9 Å². The van der Waals surface area contributed by atoms with E-state index in [2.05, 4.69) is 44.3 Å². The van der Waals surface area contributed by atoms with E-state index < -0.39 is 0 Å². The van der Waals surface area contributed by atoms with Crippen LogP contribution in [0.15, 0.2) is 42.7 Å². The van der Waals surface area contributed by atoms with Crippen molar-refractivity contribution >= 4 is 22.5 Å². The molecule has 1 aromatic carbocycles. The van der Waals surface area contributed by atoms with Crippen LogP contribution in [0.4, 0.5) is 0 Å². The number of hydrogen-bond acceptors (Lipinski definition) is 4. The predicted molar refractivity (Wildman–Crippen MR) is 98.4 cm³/mol. The van der Waals surface area contributed by atoms with Crippen LogP contribution in [0.25, 0.3) is 10.9 Å². The molecule has 4 rings (SSSR count). The molecule has 6 heteroatoms. The molecule has 0 amide bonds. The van der Waals surface area contributed by atoms with Gasteiger partial charge in [-0.3, -0.25) is 15.0 Å². The number of fused-ring (bicyclic) bond motifs is 1. The molecule has 0 saturated carbocycles. The highest BCUT2D eigenvalue weighted by atomic mass is 35.5. The summed E-state index contributed by atoms with van der Waals surface area (Å²) < 4.78 is 5.85. The Balaban J connectivity index is 1.57. The first kappa shape index (κ1) is 16.5. The second-order valence-electron chi connectivity index (χ2n) is 6.52. The molecular weight excluding hydrogens is 336 g/mol. The van der Waals surface area contributed by atoms with Crippen LogP contribution in [-0.4, -0.2) is 39.3 Å². The smallest absolute Gasteiger partial charge is 0.133 e. The molecule has 1 aliphatic rings. The number of aromatic nitrogens is 3. The van der Waals surface area contributed by atoms with Crippen LogP contribution in [0.2, 0.25) is 5.15 Å². The molecule has 1 fully saturated rings. The minimum atomic E-state index is 0.304. The van der Waals surface area contributed by atoms with Crippen molar-refractivity contribution in [2.45, 2.75) is 32.0 Å². The Morgan fingerprint density at radius 2 is 2.08 bits per heavy atom. The van der Waals surface area contributed by atoms with Crippen molar-refractivity contribution in [2.75, 3.05) is 13.2 Å². The summed E-state index contributed by atoms with van der Waals surface area (Å²) in [5.41, 5.74) is 3.26. The first-order chi connectivity index (χ1) is 12.3. The zero-order valence-electron chi connectivity index (χ0n) is 14.0. The largest absolute Gasteiger partial charge is 0.377 e. The molecule has 5 nitrogen and oxygen atoms in total. The maximum absolute atomic E-state index is 6.16. The number of nitrogens with one attached hydrogen (secondary N) is 1. The van der Waals surface area contributed by atoms with Crippen molar-refractivity contribution in [1.29, 1.82) is 0 Å². The number of ether oxygens (including phenoxy) is 1. The third-order valence-corrected chi connectivity index (χ3v) is 4.91. The highest BCUT2D eigenvalue weighted by Gasteiger charge is 2.21. The lowest BCUT2D eigenvalue weighted by atomic mass is 10.1. The van der Waals surface area contributed by atoms with Gasteiger partial charge in [-0.05, 0) is 18.4 Å². The molecule has 1 atom stereocenters. The average Bonchev–Trinajstić information content (AvgIpc) is 3.27. The van der Waals surface area contributed by atoms with Gasteiger partial charge in [0.2, 0.25) is 0 Å². The second kappa shape index (κ2) is 7.52. The fourth-order valence-corrected chi connectivity index (χ4v) is 3.59. The standard InChI is InChI=1S/C19H21ClN4O/c20-19-17-10-21-9-15(18(17)22-23-19)12-24(13-16-7-4-8-25-16)11-14-5-2-1-3-6-14/h1-3,5-6,9-10,16H,4,7-8,11-13H2,(H,22,23)/t16-/m0/s1. The fourth-order valence-electron chi connectivity index (χ4n) is 3.41. The zero-order valence-corrected chi connectivity index (χ0v) is 14.7. The zero-order chi connectivity index (χ0) is 17.1. The monoisotopic (exact) mass is 356 g/mol. The van der Waals surface area contributed by atoms with Gasteiger partial charge in [0, 0.05) is 44.2 Å². The van der Waals surface area contributed by atoms with Crippen LogP contribution in [0.5, 0.6) is 0 Å². The Labute approximate surface area is 152 Å². The van der Waals surface area contributed by atoms with E-state index in [0.717, 1.165) is 55.5 Å².